The van der Waals surface area contributed by atoms with Gasteiger partial charge in [-0.3, -0.25) is 0 Å². The lowest BCUT2D eigenvalue weighted by molar-refractivity contribution is -0.0461. The van der Waals surface area contributed by atoms with Crippen molar-refractivity contribution < 1.29 is 14.2 Å². The molecule has 4 rings (SSSR count). The standard InChI is InChI=1S/C27H38O3/c1-3-9-23(10-4-1)22-28-18-8-5-11-25-21-27(15-6-2-7-16-27)17-14-24(25)12-13-26-29-19-20-30-26/h1,3-4,9-10,14,17,26H,2,5-8,11-13,15-16,18-22H2. The molecule has 2 aliphatic carbocycles. The van der Waals surface area contributed by atoms with Crippen LogP contribution in [0.5, 0.6) is 0 Å². The summed E-state index contributed by atoms with van der Waals surface area (Å²) in [6.07, 6.45) is 18.9. The first-order valence-corrected chi connectivity index (χ1v) is 12.1. The van der Waals surface area contributed by atoms with Gasteiger partial charge in [0, 0.05) is 13.0 Å². The average Bonchev–Trinajstić information content (AvgIpc) is 3.31. The number of hydrogen-bond donors (Lipinski definition) is 0. The fourth-order valence-corrected chi connectivity index (χ4v) is 5.26. The number of unbranched alkanes of at least 4 members (excludes halogenated alkanes) is 1. The molecule has 1 heterocycles. The van der Waals surface area contributed by atoms with Crippen molar-refractivity contribution in [2.75, 3.05) is 19.8 Å². The highest BCUT2D eigenvalue weighted by Crippen LogP contribution is 2.47. The first-order chi connectivity index (χ1) is 14.8. The van der Waals surface area contributed by atoms with Crippen molar-refractivity contribution in [2.45, 2.75) is 83.5 Å². The first kappa shape index (κ1) is 21.8. The second kappa shape index (κ2) is 11.3. The van der Waals surface area contributed by atoms with Crippen LogP contribution in [0.4, 0.5) is 0 Å². The van der Waals surface area contributed by atoms with E-state index in [0.717, 1.165) is 45.7 Å². The number of hydrogen-bond acceptors (Lipinski definition) is 3. The molecule has 1 aliphatic heterocycles. The fourth-order valence-electron chi connectivity index (χ4n) is 5.26. The molecule has 2 fully saturated rings. The molecule has 0 bridgehead atoms. The Kier molecular flexibility index (Phi) is 8.19. The number of benzene rings is 1. The van der Waals surface area contributed by atoms with Gasteiger partial charge in [-0.25, -0.2) is 0 Å². The summed E-state index contributed by atoms with van der Waals surface area (Å²) in [5.74, 6) is 0. The van der Waals surface area contributed by atoms with E-state index in [1.165, 1.54) is 56.9 Å². The van der Waals surface area contributed by atoms with Gasteiger partial charge in [-0.1, -0.05) is 67.3 Å². The molecule has 0 radical (unpaired) electrons. The topological polar surface area (TPSA) is 27.7 Å². The number of rotatable bonds is 10. The maximum atomic E-state index is 5.90. The normalized spacial score (nSPS) is 21.6. The highest BCUT2D eigenvalue weighted by Gasteiger charge is 2.33. The van der Waals surface area contributed by atoms with Gasteiger partial charge in [0.05, 0.1) is 19.8 Å². The Morgan fingerprint density at radius 3 is 2.53 bits per heavy atom. The molecule has 0 aromatic heterocycles. The molecule has 1 saturated heterocycles. The largest absolute Gasteiger partial charge is 0.377 e. The maximum Gasteiger partial charge on any atom is 0.158 e. The van der Waals surface area contributed by atoms with Gasteiger partial charge in [-0.2, -0.15) is 0 Å². The summed E-state index contributed by atoms with van der Waals surface area (Å²) in [6.45, 7) is 3.07. The monoisotopic (exact) mass is 410 g/mol. The summed E-state index contributed by atoms with van der Waals surface area (Å²) in [5.41, 5.74) is 4.95. The second-order valence-corrected chi connectivity index (χ2v) is 9.27. The van der Waals surface area contributed by atoms with Crippen molar-refractivity contribution in [1.29, 1.82) is 0 Å². The molecule has 0 unspecified atom stereocenters. The zero-order chi connectivity index (χ0) is 20.5. The number of allylic oxidation sites excluding steroid dienone is 4. The zero-order valence-corrected chi connectivity index (χ0v) is 18.5. The van der Waals surface area contributed by atoms with Gasteiger partial charge < -0.3 is 14.2 Å². The Balaban J connectivity index is 1.26. The SMILES string of the molecule is C1=CC2(CCCCC2)CC(CCCCOCc2ccccc2)=C1CCC1OCCO1. The van der Waals surface area contributed by atoms with Crippen molar-refractivity contribution >= 4 is 0 Å². The Bertz CT molecular complexity index is 694. The molecule has 0 N–H and O–H groups in total. The number of ether oxygens (including phenoxy) is 3. The Labute approximate surface area is 182 Å². The van der Waals surface area contributed by atoms with Crippen LogP contribution in [0.3, 0.4) is 0 Å². The minimum atomic E-state index is 0.00380. The minimum absolute atomic E-state index is 0.00380. The summed E-state index contributed by atoms with van der Waals surface area (Å²) in [6, 6.07) is 10.5. The molecule has 3 nitrogen and oxygen atoms in total. The highest BCUT2D eigenvalue weighted by molar-refractivity contribution is 5.33. The summed E-state index contributed by atoms with van der Waals surface area (Å²) >= 11 is 0. The van der Waals surface area contributed by atoms with Crippen molar-refractivity contribution in [3.63, 3.8) is 0 Å². The molecular weight excluding hydrogens is 372 g/mol. The van der Waals surface area contributed by atoms with Crippen LogP contribution >= 0.6 is 0 Å². The Morgan fingerprint density at radius 2 is 1.73 bits per heavy atom. The van der Waals surface area contributed by atoms with Gasteiger partial charge in [0.25, 0.3) is 0 Å². The van der Waals surface area contributed by atoms with E-state index in [2.05, 4.69) is 42.5 Å². The highest BCUT2D eigenvalue weighted by atomic mass is 16.7. The third kappa shape index (κ3) is 6.29. The molecule has 1 saturated carbocycles. The smallest absolute Gasteiger partial charge is 0.158 e. The van der Waals surface area contributed by atoms with Crippen LogP contribution in [0, 0.1) is 5.41 Å². The van der Waals surface area contributed by atoms with E-state index in [0.29, 0.717) is 5.41 Å². The van der Waals surface area contributed by atoms with E-state index < -0.39 is 0 Å². The van der Waals surface area contributed by atoms with Gasteiger partial charge in [0.15, 0.2) is 6.29 Å². The van der Waals surface area contributed by atoms with E-state index in [9.17, 15) is 0 Å². The predicted octanol–water partition coefficient (Wildman–Crippen LogP) is 6.73. The maximum absolute atomic E-state index is 5.90. The predicted molar refractivity (Wildman–Crippen MR) is 121 cm³/mol. The lowest BCUT2D eigenvalue weighted by atomic mass is 9.66. The molecule has 1 aromatic carbocycles. The van der Waals surface area contributed by atoms with Gasteiger partial charge in [-0.15, -0.1) is 0 Å². The van der Waals surface area contributed by atoms with E-state index in [-0.39, 0.29) is 6.29 Å². The van der Waals surface area contributed by atoms with Crippen molar-refractivity contribution in [1.82, 2.24) is 0 Å². The van der Waals surface area contributed by atoms with Crippen LogP contribution in [0.25, 0.3) is 0 Å². The van der Waals surface area contributed by atoms with Crippen LogP contribution < -0.4 is 0 Å². The summed E-state index contributed by atoms with van der Waals surface area (Å²) < 4.78 is 17.2. The van der Waals surface area contributed by atoms with Crippen LogP contribution in [0.15, 0.2) is 53.6 Å². The minimum Gasteiger partial charge on any atom is -0.377 e. The Hall–Kier alpha value is -1.42. The zero-order valence-electron chi connectivity index (χ0n) is 18.5. The van der Waals surface area contributed by atoms with Crippen LogP contribution in [-0.4, -0.2) is 26.1 Å². The molecular formula is C27H38O3. The summed E-state index contributed by atoms with van der Waals surface area (Å²) in [5, 5.41) is 0. The quantitative estimate of drug-likeness (QED) is 0.400. The lowest BCUT2D eigenvalue weighted by Crippen LogP contribution is -2.25. The van der Waals surface area contributed by atoms with Gasteiger partial charge in [-0.05, 0) is 61.5 Å². The first-order valence-electron chi connectivity index (χ1n) is 12.1. The van der Waals surface area contributed by atoms with E-state index >= 15 is 0 Å². The van der Waals surface area contributed by atoms with E-state index in [4.69, 9.17) is 14.2 Å². The molecule has 30 heavy (non-hydrogen) atoms. The lowest BCUT2D eigenvalue weighted by Gasteiger charge is -2.39. The molecule has 1 aromatic rings. The molecule has 3 heteroatoms. The fraction of sp³-hybridized carbons (Fsp3) is 0.630. The van der Waals surface area contributed by atoms with Crippen LogP contribution in [-0.2, 0) is 20.8 Å². The van der Waals surface area contributed by atoms with E-state index in [1.54, 1.807) is 11.1 Å². The van der Waals surface area contributed by atoms with Crippen molar-refractivity contribution in [3.05, 3.63) is 59.2 Å². The second-order valence-electron chi connectivity index (χ2n) is 9.27. The van der Waals surface area contributed by atoms with Gasteiger partial charge in [0.2, 0.25) is 0 Å². The summed E-state index contributed by atoms with van der Waals surface area (Å²) in [4.78, 5) is 0. The van der Waals surface area contributed by atoms with Gasteiger partial charge in [0.1, 0.15) is 0 Å². The summed E-state index contributed by atoms with van der Waals surface area (Å²) in [7, 11) is 0. The third-order valence-electron chi connectivity index (χ3n) is 6.98. The molecule has 1 spiro atoms. The third-order valence-corrected chi connectivity index (χ3v) is 6.98. The van der Waals surface area contributed by atoms with E-state index in [1.807, 2.05) is 0 Å². The molecule has 164 valence electrons. The van der Waals surface area contributed by atoms with Gasteiger partial charge >= 0.3 is 0 Å². The molecule has 3 aliphatic rings. The molecule has 0 atom stereocenters. The molecule has 0 amide bonds. The average molecular weight is 411 g/mol. The van der Waals surface area contributed by atoms with Crippen molar-refractivity contribution in [2.24, 2.45) is 5.41 Å². The van der Waals surface area contributed by atoms with Crippen LogP contribution in [0.2, 0.25) is 0 Å². The Morgan fingerprint density at radius 1 is 0.933 bits per heavy atom. The van der Waals surface area contributed by atoms with Crippen molar-refractivity contribution in [3.8, 4) is 0 Å². The van der Waals surface area contributed by atoms with Crippen LogP contribution in [0.1, 0.15) is 76.2 Å².